The molecule has 0 fully saturated rings. The minimum atomic E-state index is -4.88. The Hall–Kier alpha value is -4.02. The Morgan fingerprint density at radius 3 is 2.32 bits per heavy atom. The van der Waals surface area contributed by atoms with Crippen molar-refractivity contribution in [2.75, 3.05) is 10.6 Å². The second-order valence-electron chi connectivity index (χ2n) is 7.45. The molecule has 0 radical (unpaired) electrons. The lowest BCUT2D eigenvalue weighted by molar-refractivity contribution is -0.274. The summed E-state index contributed by atoms with van der Waals surface area (Å²) in [4.78, 5) is 41.8. The van der Waals surface area contributed by atoms with Crippen molar-refractivity contribution >= 4 is 17.4 Å². The number of unbranched alkanes of at least 4 members (excludes halogenated alkanes) is 1. The van der Waals surface area contributed by atoms with Gasteiger partial charge in [-0.05, 0) is 36.2 Å². The highest BCUT2D eigenvalue weighted by Crippen LogP contribution is 2.25. The van der Waals surface area contributed by atoms with E-state index in [2.05, 4.69) is 9.72 Å². The van der Waals surface area contributed by atoms with Crippen LogP contribution in [0.4, 0.5) is 24.7 Å². The first-order valence-corrected chi connectivity index (χ1v) is 10.4. The number of halogens is 3. The van der Waals surface area contributed by atoms with Crippen molar-refractivity contribution in [2.45, 2.75) is 39.2 Å². The van der Waals surface area contributed by atoms with Gasteiger partial charge >= 0.3 is 12.1 Å². The molecule has 0 aliphatic rings. The largest absolute Gasteiger partial charge is 0.573 e. The van der Waals surface area contributed by atoms with E-state index in [-0.39, 0.29) is 30.2 Å². The van der Waals surface area contributed by atoms with Crippen LogP contribution in [0.1, 0.15) is 35.7 Å². The number of hydrogen-bond donors (Lipinski definition) is 2. The zero-order valence-corrected chi connectivity index (χ0v) is 18.3. The van der Waals surface area contributed by atoms with Crippen LogP contribution >= 0.6 is 0 Å². The van der Waals surface area contributed by atoms with Gasteiger partial charge in [-0.25, -0.2) is 4.79 Å². The van der Waals surface area contributed by atoms with Gasteiger partial charge in [0.2, 0.25) is 0 Å². The van der Waals surface area contributed by atoms with Crippen molar-refractivity contribution < 1.29 is 22.7 Å². The smallest absolute Gasteiger partial charge is 0.406 e. The summed E-state index contributed by atoms with van der Waals surface area (Å²) in [6, 6.07) is 13.0. The highest BCUT2D eigenvalue weighted by molar-refractivity contribution is 6.07. The van der Waals surface area contributed by atoms with Gasteiger partial charge in [-0.1, -0.05) is 43.7 Å². The standard InChI is InChI=1S/C23H23F3N4O4/c1-2-3-13-29-19(27)18(20(31)28-22(29)33)30(14-15-7-5-4-6-8-15)21(32)16-9-11-17(12-10-16)34-23(24,25)26/h4-12H,2-3,13-14,27H2,1H3,(H,28,31,33). The number of aromatic nitrogens is 2. The zero-order valence-electron chi connectivity index (χ0n) is 18.3. The molecule has 11 heteroatoms. The third kappa shape index (κ3) is 5.85. The van der Waals surface area contributed by atoms with Crippen molar-refractivity contribution in [3.05, 3.63) is 86.6 Å². The summed E-state index contributed by atoms with van der Waals surface area (Å²) in [6.45, 7) is 2.09. The molecule has 0 saturated heterocycles. The SMILES string of the molecule is CCCCn1c(N)c(N(Cc2ccccc2)C(=O)c2ccc(OC(F)(F)F)cc2)c(=O)[nH]c1=O. The van der Waals surface area contributed by atoms with E-state index in [9.17, 15) is 27.6 Å². The Bertz CT molecular complexity index is 1250. The van der Waals surface area contributed by atoms with Crippen LogP contribution in [0, 0.1) is 0 Å². The number of alkyl halides is 3. The lowest BCUT2D eigenvalue weighted by atomic mass is 10.1. The number of carbonyl (C=O) groups is 1. The second-order valence-corrected chi connectivity index (χ2v) is 7.45. The van der Waals surface area contributed by atoms with E-state index < -0.39 is 29.3 Å². The summed E-state index contributed by atoms with van der Waals surface area (Å²) in [5, 5.41) is 0. The highest BCUT2D eigenvalue weighted by Gasteiger charge is 2.31. The molecule has 8 nitrogen and oxygen atoms in total. The maximum atomic E-state index is 13.4. The van der Waals surface area contributed by atoms with Crippen LogP contribution in [-0.2, 0) is 13.1 Å². The molecule has 0 spiro atoms. The number of hydrogen-bond acceptors (Lipinski definition) is 5. The molecule has 2 aromatic carbocycles. The molecule has 1 amide bonds. The van der Waals surface area contributed by atoms with E-state index >= 15 is 0 Å². The molecule has 34 heavy (non-hydrogen) atoms. The van der Waals surface area contributed by atoms with Crippen LogP contribution in [0.25, 0.3) is 0 Å². The van der Waals surface area contributed by atoms with Gasteiger partial charge in [0.25, 0.3) is 11.5 Å². The van der Waals surface area contributed by atoms with Crippen LogP contribution in [0.15, 0.2) is 64.2 Å². The number of rotatable bonds is 8. The normalized spacial score (nSPS) is 11.3. The summed E-state index contributed by atoms with van der Waals surface area (Å²) in [7, 11) is 0. The molecular weight excluding hydrogens is 453 g/mol. The van der Waals surface area contributed by atoms with Crippen LogP contribution < -0.4 is 26.6 Å². The maximum Gasteiger partial charge on any atom is 0.573 e. The number of nitrogens with one attached hydrogen (secondary N) is 1. The minimum absolute atomic E-state index is 0.00411. The lowest BCUT2D eigenvalue weighted by Crippen LogP contribution is -2.41. The van der Waals surface area contributed by atoms with Crippen LogP contribution in [0.2, 0.25) is 0 Å². The van der Waals surface area contributed by atoms with Gasteiger partial charge in [0.05, 0.1) is 6.54 Å². The molecule has 0 saturated carbocycles. The molecule has 180 valence electrons. The van der Waals surface area contributed by atoms with E-state index in [0.717, 1.165) is 35.6 Å². The van der Waals surface area contributed by atoms with Crippen LogP contribution in [0.5, 0.6) is 5.75 Å². The van der Waals surface area contributed by atoms with Crippen molar-refractivity contribution in [1.82, 2.24) is 9.55 Å². The number of anilines is 2. The van der Waals surface area contributed by atoms with Crippen molar-refractivity contribution in [3.63, 3.8) is 0 Å². The number of aromatic amines is 1. The molecular formula is C23H23F3N4O4. The number of nitrogen functional groups attached to an aromatic ring is 1. The topological polar surface area (TPSA) is 110 Å². The number of carbonyl (C=O) groups excluding carboxylic acids is 1. The van der Waals surface area contributed by atoms with Gasteiger partial charge in [0.15, 0.2) is 5.69 Å². The predicted octanol–water partition coefficient (Wildman–Crippen LogP) is 3.66. The zero-order chi connectivity index (χ0) is 24.9. The van der Waals surface area contributed by atoms with Gasteiger partial charge in [-0.2, -0.15) is 0 Å². The van der Waals surface area contributed by atoms with Gasteiger partial charge in [-0.3, -0.25) is 24.0 Å². The summed E-state index contributed by atoms with van der Waals surface area (Å²) in [5.74, 6) is -1.37. The van der Waals surface area contributed by atoms with Crippen molar-refractivity contribution in [2.24, 2.45) is 0 Å². The first kappa shape index (κ1) is 24.6. The van der Waals surface area contributed by atoms with Gasteiger partial charge < -0.3 is 10.5 Å². The molecule has 3 N–H and O–H groups in total. The molecule has 1 heterocycles. The summed E-state index contributed by atoms with van der Waals surface area (Å²) in [6.07, 6.45) is -3.50. The fourth-order valence-electron chi connectivity index (χ4n) is 3.35. The Balaban J connectivity index is 2.07. The Kier molecular flexibility index (Phi) is 7.44. The maximum absolute atomic E-state index is 13.4. The molecule has 0 aliphatic heterocycles. The lowest BCUT2D eigenvalue weighted by Gasteiger charge is -2.25. The second kappa shape index (κ2) is 10.3. The molecule has 0 unspecified atom stereocenters. The predicted molar refractivity (Wildman–Crippen MR) is 121 cm³/mol. The molecule has 3 aromatic rings. The fraction of sp³-hybridized carbons (Fsp3) is 0.261. The summed E-state index contributed by atoms with van der Waals surface area (Å²) in [5.41, 5.74) is 5.09. The van der Waals surface area contributed by atoms with Gasteiger partial charge in [-0.15, -0.1) is 13.2 Å². The van der Waals surface area contributed by atoms with Gasteiger partial charge in [0.1, 0.15) is 11.6 Å². The Labute approximate surface area is 192 Å². The Morgan fingerprint density at radius 1 is 1.09 bits per heavy atom. The first-order chi connectivity index (χ1) is 16.1. The first-order valence-electron chi connectivity index (χ1n) is 10.4. The monoisotopic (exact) mass is 476 g/mol. The van der Waals surface area contributed by atoms with E-state index in [0.29, 0.717) is 12.0 Å². The third-order valence-electron chi connectivity index (χ3n) is 4.98. The number of amides is 1. The van der Waals surface area contributed by atoms with Crippen molar-refractivity contribution in [3.8, 4) is 5.75 Å². The minimum Gasteiger partial charge on any atom is -0.406 e. The number of nitrogens with two attached hydrogens (primary N) is 1. The molecule has 3 rings (SSSR count). The summed E-state index contributed by atoms with van der Waals surface area (Å²) >= 11 is 0. The van der Waals surface area contributed by atoms with Crippen LogP contribution in [-0.4, -0.2) is 21.8 Å². The third-order valence-corrected chi connectivity index (χ3v) is 4.98. The van der Waals surface area contributed by atoms with Crippen LogP contribution in [0.3, 0.4) is 0 Å². The molecule has 0 aliphatic carbocycles. The van der Waals surface area contributed by atoms with E-state index in [1.807, 2.05) is 6.92 Å². The molecule has 0 atom stereocenters. The number of ether oxygens (including phenoxy) is 1. The number of H-pyrrole nitrogens is 1. The Morgan fingerprint density at radius 2 is 1.74 bits per heavy atom. The average Bonchev–Trinajstić information content (AvgIpc) is 2.78. The number of benzene rings is 2. The van der Waals surface area contributed by atoms with Gasteiger partial charge in [0, 0.05) is 12.1 Å². The van der Waals surface area contributed by atoms with E-state index in [1.54, 1.807) is 30.3 Å². The molecule has 1 aromatic heterocycles. The van der Waals surface area contributed by atoms with E-state index in [1.165, 1.54) is 4.57 Å². The van der Waals surface area contributed by atoms with Crippen molar-refractivity contribution in [1.29, 1.82) is 0 Å². The molecule has 0 bridgehead atoms. The summed E-state index contributed by atoms with van der Waals surface area (Å²) < 4.78 is 42.4. The van der Waals surface area contributed by atoms with E-state index in [4.69, 9.17) is 5.73 Å². The number of nitrogens with zero attached hydrogens (tertiary/aromatic N) is 2. The fourth-order valence-corrected chi connectivity index (χ4v) is 3.35. The average molecular weight is 476 g/mol. The quantitative estimate of drug-likeness (QED) is 0.516. The highest BCUT2D eigenvalue weighted by atomic mass is 19.4.